The highest BCUT2D eigenvalue weighted by molar-refractivity contribution is 7.89. The normalized spacial score (nSPS) is 25.6. The van der Waals surface area contributed by atoms with Gasteiger partial charge in [0.2, 0.25) is 10.0 Å². The van der Waals surface area contributed by atoms with Crippen molar-refractivity contribution in [1.29, 1.82) is 0 Å². The van der Waals surface area contributed by atoms with Crippen LogP contribution in [0, 0.1) is 0 Å². The van der Waals surface area contributed by atoms with Gasteiger partial charge >= 0.3 is 5.97 Å². The summed E-state index contributed by atoms with van der Waals surface area (Å²) in [6.45, 7) is 0. The van der Waals surface area contributed by atoms with E-state index in [1.807, 2.05) is 0 Å². The Morgan fingerprint density at radius 1 is 1.35 bits per heavy atom. The molecule has 0 amide bonds. The van der Waals surface area contributed by atoms with Crippen molar-refractivity contribution in [2.45, 2.75) is 31.7 Å². The second-order valence-electron chi connectivity index (χ2n) is 4.06. The molecule has 1 heterocycles. The molecule has 0 aromatic rings. The van der Waals surface area contributed by atoms with E-state index in [9.17, 15) is 17.4 Å². The molecule has 0 unspecified atom stereocenters. The Morgan fingerprint density at radius 3 is 2.47 bits per heavy atom. The smallest absolute Gasteiger partial charge is 0.303 e. The lowest BCUT2D eigenvalue weighted by molar-refractivity contribution is -0.137. The number of hydrogen-bond donors (Lipinski definition) is 2. The van der Waals surface area contributed by atoms with Gasteiger partial charge < -0.3 is 5.11 Å². The summed E-state index contributed by atoms with van der Waals surface area (Å²) in [6, 6.07) is -0.150. The maximum atomic E-state index is 11.6. The van der Waals surface area contributed by atoms with Gasteiger partial charge in [-0.15, -0.1) is 0 Å². The third-order valence-electron chi connectivity index (χ3n) is 2.54. The van der Waals surface area contributed by atoms with Gasteiger partial charge in [0.15, 0.2) is 0 Å². The van der Waals surface area contributed by atoms with Gasteiger partial charge in [-0.25, -0.2) is 13.1 Å². The molecular weight excluding hydrogens is 266 g/mol. The summed E-state index contributed by atoms with van der Waals surface area (Å²) in [5.74, 6) is -0.1000. The summed E-state index contributed by atoms with van der Waals surface area (Å²) in [5, 5.41) is 8.41. The molecule has 0 aliphatic carbocycles. The van der Waals surface area contributed by atoms with Gasteiger partial charge in [-0.1, -0.05) is 0 Å². The molecule has 17 heavy (non-hydrogen) atoms. The monoisotopic (exact) mass is 283 g/mol. The summed E-state index contributed by atoms with van der Waals surface area (Å²) in [5.41, 5.74) is 0. The van der Waals surface area contributed by atoms with E-state index in [1.54, 1.807) is 0 Å². The van der Waals surface area contributed by atoms with Crippen molar-refractivity contribution in [3.05, 3.63) is 0 Å². The van der Waals surface area contributed by atoms with E-state index in [2.05, 4.69) is 4.72 Å². The molecule has 6 nitrogen and oxygen atoms in total. The van der Waals surface area contributed by atoms with Gasteiger partial charge in [-0.2, -0.15) is 0 Å². The predicted octanol–water partition coefficient (Wildman–Crippen LogP) is -0.318. The fraction of sp³-hybridized carbons (Fsp3) is 0.889. The molecule has 0 bridgehead atoms. The van der Waals surface area contributed by atoms with Crippen molar-refractivity contribution in [1.82, 2.24) is 4.72 Å². The van der Waals surface area contributed by atoms with Gasteiger partial charge in [0.25, 0.3) is 0 Å². The number of aliphatic carboxylic acids is 1. The van der Waals surface area contributed by atoms with Crippen LogP contribution in [-0.2, 0) is 25.6 Å². The Hall–Kier alpha value is -0.470. The van der Waals surface area contributed by atoms with Crippen molar-refractivity contribution in [2.75, 3.05) is 17.3 Å². The maximum absolute atomic E-state index is 11.6. The Morgan fingerprint density at radius 2 is 1.94 bits per heavy atom. The molecule has 8 heteroatoms. The van der Waals surface area contributed by atoms with E-state index in [0.29, 0.717) is 24.3 Å². The van der Waals surface area contributed by atoms with Crippen LogP contribution < -0.4 is 4.72 Å². The van der Waals surface area contributed by atoms with Crippen LogP contribution in [0.2, 0.25) is 0 Å². The highest BCUT2D eigenvalue weighted by Gasteiger charge is 2.22. The van der Waals surface area contributed by atoms with Crippen molar-refractivity contribution < 1.29 is 22.5 Å². The van der Waals surface area contributed by atoms with Crippen LogP contribution in [0.15, 0.2) is 0 Å². The first-order valence-corrected chi connectivity index (χ1v) is 8.60. The zero-order valence-electron chi connectivity index (χ0n) is 9.42. The van der Waals surface area contributed by atoms with Gasteiger partial charge in [0.05, 0.1) is 5.75 Å². The quantitative estimate of drug-likeness (QED) is 0.696. The number of nitrogens with one attached hydrogen (secondary N) is 1. The van der Waals surface area contributed by atoms with Gasteiger partial charge in [0, 0.05) is 34.8 Å². The minimum Gasteiger partial charge on any atom is -0.481 e. The van der Waals surface area contributed by atoms with Crippen LogP contribution >= 0.6 is 0 Å². The molecular formula is C9H17NO5S2. The molecule has 1 rings (SSSR count). The lowest BCUT2D eigenvalue weighted by Crippen LogP contribution is -2.40. The van der Waals surface area contributed by atoms with Gasteiger partial charge in [-0.05, 0) is 19.3 Å². The van der Waals surface area contributed by atoms with Crippen LogP contribution in [0.25, 0.3) is 0 Å². The first-order valence-electron chi connectivity index (χ1n) is 5.46. The third kappa shape index (κ3) is 6.13. The predicted molar refractivity (Wildman–Crippen MR) is 64.7 cm³/mol. The zero-order chi connectivity index (χ0) is 12.9. The second-order valence-corrected chi connectivity index (χ2v) is 7.63. The van der Waals surface area contributed by atoms with Crippen LogP contribution in [0.5, 0.6) is 0 Å². The summed E-state index contributed by atoms with van der Waals surface area (Å²) >= 11 is 0. The van der Waals surface area contributed by atoms with Crippen molar-refractivity contribution in [2.24, 2.45) is 0 Å². The van der Waals surface area contributed by atoms with Crippen molar-refractivity contribution >= 4 is 26.8 Å². The Labute approximate surface area is 103 Å². The van der Waals surface area contributed by atoms with E-state index < -0.39 is 26.8 Å². The Balaban J connectivity index is 2.33. The molecule has 0 atom stereocenters. The molecule has 2 N–H and O–H groups in total. The molecule has 1 saturated heterocycles. The standard InChI is InChI=1S/C9H17NO5S2/c11-9(12)2-1-7-17(14,15)10-8-3-5-16(13)6-4-8/h8,10H,1-7H2,(H,11,12). The first kappa shape index (κ1) is 14.6. The van der Waals surface area contributed by atoms with Crippen LogP contribution in [0.1, 0.15) is 25.7 Å². The fourth-order valence-electron chi connectivity index (χ4n) is 1.64. The summed E-state index contributed by atoms with van der Waals surface area (Å²) in [4.78, 5) is 10.3. The average Bonchev–Trinajstić information content (AvgIpc) is 2.20. The van der Waals surface area contributed by atoms with Crippen LogP contribution in [0.4, 0.5) is 0 Å². The van der Waals surface area contributed by atoms with Crippen molar-refractivity contribution in [3.8, 4) is 0 Å². The fourth-order valence-corrected chi connectivity index (χ4v) is 4.32. The molecule has 0 radical (unpaired) electrons. The molecule has 0 saturated carbocycles. The highest BCUT2D eigenvalue weighted by atomic mass is 32.2. The SMILES string of the molecule is O=C(O)CCCS(=O)(=O)NC1CCS(=O)CC1. The molecule has 1 fully saturated rings. The first-order chi connectivity index (χ1) is 7.89. The number of hydrogen-bond acceptors (Lipinski definition) is 4. The Kier molecular flexibility index (Phi) is 5.54. The number of carbonyl (C=O) groups is 1. The number of sulfonamides is 1. The van der Waals surface area contributed by atoms with E-state index in [-0.39, 0.29) is 24.6 Å². The van der Waals surface area contributed by atoms with Crippen LogP contribution in [-0.4, -0.2) is 47.0 Å². The van der Waals surface area contributed by atoms with Gasteiger partial charge in [0.1, 0.15) is 0 Å². The lowest BCUT2D eigenvalue weighted by Gasteiger charge is -2.22. The van der Waals surface area contributed by atoms with Crippen LogP contribution in [0.3, 0.4) is 0 Å². The summed E-state index contributed by atoms with van der Waals surface area (Å²) < 4.78 is 36.8. The topological polar surface area (TPSA) is 101 Å². The molecule has 0 aromatic heterocycles. The maximum Gasteiger partial charge on any atom is 0.303 e. The molecule has 1 aliphatic rings. The molecule has 0 spiro atoms. The van der Waals surface area contributed by atoms with Gasteiger partial charge in [-0.3, -0.25) is 9.00 Å². The van der Waals surface area contributed by atoms with E-state index in [0.717, 1.165) is 0 Å². The minimum atomic E-state index is -3.41. The molecule has 100 valence electrons. The molecule has 1 aliphatic heterocycles. The summed E-state index contributed by atoms with van der Waals surface area (Å²) in [6.07, 6.45) is 1.15. The van der Waals surface area contributed by atoms with E-state index in [4.69, 9.17) is 5.11 Å². The molecule has 0 aromatic carbocycles. The minimum absolute atomic E-state index is 0.114. The second kappa shape index (κ2) is 6.46. The van der Waals surface area contributed by atoms with E-state index in [1.165, 1.54) is 0 Å². The highest BCUT2D eigenvalue weighted by Crippen LogP contribution is 2.10. The largest absolute Gasteiger partial charge is 0.481 e. The van der Waals surface area contributed by atoms with E-state index >= 15 is 0 Å². The van der Waals surface area contributed by atoms with Crippen molar-refractivity contribution in [3.63, 3.8) is 0 Å². The lowest BCUT2D eigenvalue weighted by atomic mass is 10.2. The number of rotatable bonds is 6. The number of carboxylic acid groups (broad SMARTS) is 1. The third-order valence-corrected chi connectivity index (χ3v) is 5.44. The average molecular weight is 283 g/mol. The zero-order valence-corrected chi connectivity index (χ0v) is 11.1. The summed E-state index contributed by atoms with van der Waals surface area (Å²) in [7, 11) is -4.22. The number of carboxylic acids is 1. The Bertz CT molecular complexity index is 382.